The van der Waals surface area contributed by atoms with Crippen LogP contribution in [-0.2, 0) is 33.6 Å². The SMILES string of the molecule is CCCC.CCOCn1cnc2c1c(=O)n(CCCCO[P+](=O)O)c(=O)n2Cc1ccccc1. The van der Waals surface area contributed by atoms with E-state index < -0.39 is 19.5 Å². The van der Waals surface area contributed by atoms with Crippen molar-refractivity contribution in [3.63, 3.8) is 0 Å². The predicted molar refractivity (Wildman–Crippen MR) is 131 cm³/mol. The first-order chi connectivity index (χ1) is 16.4. The molecule has 10 nitrogen and oxygen atoms in total. The fourth-order valence-electron chi connectivity index (χ4n) is 3.15. The van der Waals surface area contributed by atoms with Gasteiger partial charge in [0.25, 0.3) is 5.56 Å². The van der Waals surface area contributed by atoms with E-state index in [0.29, 0.717) is 30.6 Å². The van der Waals surface area contributed by atoms with Crippen LogP contribution < -0.4 is 11.2 Å². The number of fused-ring (bicyclic) bond motifs is 1. The third kappa shape index (κ3) is 7.70. The maximum Gasteiger partial charge on any atom is 0.694 e. The Balaban J connectivity index is 0.000000945. The van der Waals surface area contributed by atoms with Gasteiger partial charge in [-0.2, -0.15) is 0 Å². The highest BCUT2D eigenvalue weighted by Crippen LogP contribution is 2.15. The molecule has 1 aromatic carbocycles. The van der Waals surface area contributed by atoms with E-state index in [0.717, 1.165) is 5.56 Å². The summed E-state index contributed by atoms with van der Waals surface area (Å²) in [6, 6.07) is 9.46. The molecule has 0 aliphatic carbocycles. The van der Waals surface area contributed by atoms with E-state index in [1.165, 1.54) is 28.3 Å². The van der Waals surface area contributed by atoms with Crippen LogP contribution in [0.5, 0.6) is 0 Å². The average molecular weight is 494 g/mol. The Hall–Kier alpha value is -2.65. The van der Waals surface area contributed by atoms with Crippen molar-refractivity contribution in [2.75, 3.05) is 13.2 Å². The van der Waals surface area contributed by atoms with Crippen molar-refractivity contribution < 1.29 is 18.7 Å². The molecule has 0 fully saturated rings. The van der Waals surface area contributed by atoms with E-state index in [2.05, 4.69) is 23.4 Å². The summed E-state index contributed by atoms with van der Waals surface area (Å²) < 4.78 is 24.9. The Morgan fingerprint density at radius 1 is 1.03 bits per heavy atom. The Bertz CT molecular complexity index is 1150. The van der Waals surface area contributed by atoms with E-state index in [1.54, 1.807) is 4.57 Å². The zero-order valence-corrected chi connectivity index (χ0v) is 20.9. The van der Waals surface area contributed by atoms with Crippen LogP contribution in [0.3, 0.4) is 0 Å². The number of rotatable bonds is 12. The van der Waals surface area contributed by atoms with Crippen LogP contribution in [0.4, 0.5) is 0 Å². The summed E-state index contributed by atoms with van der Waals surface area (Å²) in [5, 5.41) is 0. The number of aromatic nitrogens is 4. The molecule has 186 valence electrons. The van der Waals surface area contributed by atoms with Gasteiger partial charge in [-0.3, -0.25) is 13.9 Å². The first-order valence-electron chi connectivity index (χ1n) is 11.5. The van der Waals surface area contributed by atoms with E-state index >= 15 is 0 Å². The number of nitrogens with zero attached hydrogens (tertiary/aromatic N) is 4. The molecule has 11 heteroatoms. The number of benzene rings is 1. The Labute approximate surface area is 199 Å². The predicted octanol–water partition coefficient (Wildman–Crippen LogP) is 3.65. The van der Waals surface area contributed by atoms with Gasteiger partial charge in [0.1, 0.15) is 13.3 Å². The van der Waals surface area contributed by atoms with Crippen LogP contribution in [0.2, 0.25) is 0 Å². The third-order valence-corrected chi connectivity index (χ3v) is 5.48. The summed E-state index contributed by atoms with van der Waals surface area (Å²) in [4.78, 5) is 39.2. The summed E-state index contributed by atoms with van der Waals surface area (Å²) in [7, 11) is -2.65. The minimum atomic E-state index is -2.65. The summed E-state index contributed by atoms with van der Waals surface area (Å²) in [6.45, 7) is 7.35. The van der Waals surface area contributed by atoms with Gasteiger partial charge in [0.05, 0.1) is 12.9 Å². The number of hydrogen-bond acceptors (Lipinski definition) is 6. The molecule has 3 aromatic rings. The van der Waals surface area contributed by atoms with Crippen LogP contribution in [0.25, 0.3) is 11.2 Å². The van der Waals surface area contributed by atoms with Crippen molar-refractivity contribution >= 4 is 19.4 Å². The second-order valence-electron chi connectivity index (χ2n) is 7.60. The van der Waals surface area contributed by atoms with Gasteiger partial charge in [-0.25, -0.2) is 9.78 Å². The number of hydrogen-bond donors (Lipinski definition) is 1. The lowest BCUT2D eigenvalue weighted by Crippen LogP contribution is -2.41. The van der Waals surface area contributed by atoms with Crippen molar-refractivity contribution in [3.05, 3.63) is 63.1 Å². The van der Waals surface area contributed by atoms with Crippen molar-refractivity contribution in [2.24, 2.45) is 0 Å². The molecular weight excluding hydrogens is 459 g/mol. The van der Waals surface area contributed by atoms with Gasteiger partial charge in [-0.1, -0.05) is 57.0 Å². The standard InChI is InChI=1S/C19H23N4O6P.C4H10/c1-2-28-14-21-13-20-17-16(21)18(24)22(10-6-7-11-29-30(26)27)19(25)23(17)12-15-8-4-3-5-9-15;1-3-4-2/h3-5,8-9,13H,2,6-7,10-12,14H2,1H3;3-4H2,1-2H3/p+1. The molecule has 1 atom stereocenters. The van der Waals surface area contributed by atoms with Gasteiger partial charge < -0.3 is 9.30 Å². The molecule has 3 rings (SSSR count). The minimum Gasteiger partial charge on any atom is -0.361 e. The highest BCUT2D eigenvalue weighted by Gasteiger charge is 2.18. The highest BCUT2D eigenvalue weighted by molar-refractivity contribution is 7.32. The minimum absolute atomic E-state index is 0.0726. The maximum atomic E-state index is 13.1. The van der Waals surface area contributed by atoms with E-state index in [1.807, 2.05) is 37.3 Å². The molecule has 0 saturated carbocycles. The van der Waals surface area contributed by atoms with Crippen molar-refractivity contribution in [2.45, 2.75) is 66.3 Å². The first kappa shape index (κ1) is 27.6. The Morgan fingerprint density at radius 2 is 1.74 bits per heavy atom. The number of unbranched alkanes of at least 4 members (excludes halogenated alkanes) is 2. The second-order valence-corrected chi connectivity index (χ2v) is 8.33. The van der Waals surface area contributed by atoms with Crippen LogP contribution >= 0.6 is 8.25 Å². The molecule has 1 unspecified atom stereocenters. The quantitative estimate of drug-likeness (QED) is 0.302. The van der Waals surface area contributed by atoms with Crippen molar-refractivity contribution in [1.29, 1.82) is 0 Å². The van der Waals surface area contributed by atoms with Crippen LogP contribution in [0.1, 0.15) is 52.0 Å². The molecule has 0 aliphatic rings. The highest BCUT2D eigenvalue weighted by atomic mass is 31.1. The molecule has 0 amide bonds. The van der Waals surface area contributed by atoms with Gasteiger partial charge in [0.2, 0.25) is 0 Å². The summed E-state index contributed by atoms with van der Waals surface area (Å²) in [6.07, 6.45) is 5.01. The molecule has 0 saturated heterocycles. The van der Waals surface area contributed by atoms with Gasteiger partial charge >= 0.3 is 13.9 Å². The topological polar surface area (TPSA) is 118 Å². The lowest BCUT2D eigenvalue weighted by Gasteiger charge is -2.12. The molecule has 1 N–H and O–H groups in total. The van der Waals surface area contributed by atoms with E-state index in [9.17, 15) is 14.2 Å². The fourth-order valence-corrected chi connectivity index (χ4v) is 3.43. The molecule has 2 heterocycles. The Morgan fingerprint density at radius 3 is 2.35 bits per heavy atom. The number of imidazole rings is 1. The van der Waals surface area contributed by atoms with E-state index in [4.69, 9.17) is 9.63 Å². The number of ether oxygens (including phenoxy) is 1. The molecule has 0 aliphatic heterocycles. The van der Waals surface area contributed by atoms with Crippen LogP contribution in [0.15, 0.2) is 46.2 Å². The fraction of sp³-hybridized carbons (Fsp3) is 0.522. The lowest BCUT2D eigenvalue weighted by atomic mass is 10.2. The monoisotopic (exact) mass is 493 g/mol. The molecule has 34 heavy (non-hydrogen) atoms. The van der Waals surface area contributed by atoms with Crippen LogP contribution in [-0.4, -0.2) is 36.8 Å². The lowest BCUT2D eigenvalue weighted by molar-refractivity contribution is 0.0903. The smallest absolute Gasteiger partial charge is 0.361 e. The third-order valence-electron chi connectivity index (χ3n) is 5.08. The second kappa shape index (κ2) is 14.6. The largest absolute Gasteiger partial charge is 0.694 e. The summed E-state index contributed by atoms with van der Waals surface area (Å²) >= 11 is 0. The zero-order valence-electron chi connectivity index (χ0n) is 20.1. The molecule has 0 radical (unpaired) electrons. The zero-order chi connectivity index (χ0) is 24.9. The molecule has 0 bridgehead atoms. The van der Waals surface area contributed by atoms with Gasteiger partial charge in [-0.15, -0.1) is 9.42 Å². The van der Waals surface area contributed by atoms with Gasteiger partial charge in [-0.05, 0) is 25.3 Å². The summed E-state index contributed by atoms with van der Waals surface area (Å²) in [5.41, 5.74) is 0.627. The first-order valence-corrected chi connectivity index (χ1v) is 12.7. The van der Waals surface area contributed by atoms with Crippen molar-refractivity contribution in [1.82, 2.24) is 18.7 Å². The molecule has 0 spiro atoms. The normalized spacial score (nSPS) is 11.4. The molecular formula is C23H34N4O6P+. The molecule has 2 aromatic heterocycles. The van der Waals surface area contributed by atoms with Crippen LogP contribution in [0, 0.1) is 0 Å². The average Bonchev–Trinajstić information content (AvgIpc) is 3.26. The van der Waals surface area contributed by atoms with Crippen molar-refractivity contribution in [3.8, 4) is 0 Å². The van der Waals surface area contributed by atoms with Gasteiger partial charge in [0.15, 0.2) is 11.2 Å². The van der Waals surface area contributed by atoms with Gasteiger partial charge in [0, 0.05) is 17.7 Å². The maximum absolute atomic E-state index is 13.1. The summed E-state index contributed by atoms with van der Waals surface area (Å²) in [5.74, 6) is 0. The van der Waals surface area contributed by atoms with E-state index in [-0.39, 0.29) is 26.4 Å². The Kier molecular flexibility index (Phi) is 11.8.